The topological polar surface area (TPSA) is 122 Å². The number of halogens is 5. The van der Waals surface area contributed by atoms with Crippen molar-refractivity contribution in [2.24, 2.45) is 0 Å². The van der Waals surface area contributed by atoms with Gasteiger partial charge in [-0.25, -0.2) is 23.5 Å². The van der Waals surface area contributed by atoms with Gasteiger partial charge in [0.15, 0.2) is 5.82 Å². The van der Waals surface area contributed by atoms with Crippen molar-refractivity contribution in [3.63, 3.8) is 0 Å². The second-order valence-corrected chi connectivity index (χ2v) is 7.88. The summed E-state index contributed by atoms with van der Waals surface area (Å²) in [6.45, 7) is 0.844. The van der Waals surface area contributed by atoms with E-state index in [-0.39, 0.29) is 46.9 Å². The van der Waals surface area contributed by atoms with Crippen molar-refractivity contribution in [2.45, 2.75) is 25.3 Å². The van der Waals surface area contributed by atoms with Crippen LogP contribution in [0.25, 0.3) is 11.0 Å². The van der Waals surface area contributed by atoms with Crippen LogP contribution in [0.3, 0.4) is 0 Å². The quantitative estimate of drug-likeness (QED) is 0.342. The Morgan fingerprint density at radius 3 is 2.56 bits per heavy atom. The third-order valence-corrected chi connectivity index (χ3v) is 5.79. The minimum absolute atomic E-state index is 0. The Bertz CT molecular complexity index is 1410. The lowest BCUT2D eigenvalue weighted by Gasteiger charge is -2.31. The number of benzene rings is 1. The molecule has 5 rings (SSSR count). The van der Waals surface area contributed by atoms with Gasteiger partial charge in [-0.15, -0.1) is 12.4 Å². The molecule has 2 N–H and O–H groups in total. The van der Waals surface area contributed by atoms with Crippen molar-refractivity contribution in [1.29, 1.82) is 0 Å². The van der Waals surface area contributed by atoms with Crippen LogP contribution < -0.4 is 10.2 Å². The maximum Gasteiger partial charge on any atom is 0.335 e. The molecule has 36 heavy (non-hydrogen) atoms. The normalized spacial score (nSPS) is 14.3. The van der Waals surface area contributed by atoms with Crippen LogP contribution in [0, 0.1) is 11.6 Å². The maximum atomic E-state index is 15.0. The molecule has 15 heteroatoms. The van der Waals surface area contributed by atoms with Gasteiger partial charge in [0.05, 0.1) is 16.6 Å². The number of anilines is 3. The Kier molecular flexibility index (Phi) is 6.97. The summed E-state index contributed by atoms with van der Waals surface area (Å²) in [6, 6.07) is 3.14. The number of rotatable bonds is 6. The lowest BCUT2D eigenvalue weighted by Crippen LogP contribution is -2.35. The van der Waals surface area contributed by atoms with Gasteiger partial charge < -0.3 is 24.4 Å². The van der Waals surface area contributed by atoms with Gasteiger partial charge in [-0.05, 0) is 36.2 Å². The van der Waals surface area contributed by atoms with Crippen molar-refractivity contribution in [3.05, 3.63) is 53.8 Å². The van der Waals surface area contributed by atoms with Crippen LogP contribution in [-0.2, 0) is 0 Å². The molecule has 0 atom stereocenters. The Morgan fingerprint density at radius 2 is 1.92 bits per heavy atom. The number of nitrogens with zero attached hydrogens (tertiary/aromatic N) is 6. The van der Waals surface area contributed by atoms with Crippen molar-refractivity contribution in [1.82, 2.24) is 24.7 Å². The van der Waals surface area contributed by atoms with E-state index >= 15 is 0 Å². The summed E-state index contributed by atoms with van der Waals surface area (Å²) in [5, 5.41) is 15.3. The number of carboxylic acids is 1. The van der Waals surface area contributed by atoms with E-state index in [1.807, 2.05) is 0 Å². The zero-order valence-electron chi connectivity index (χ0n) is 18.2. The number of piperidine rings is 1. The number of hydrogen-bond acceptors (Lipinski definition) is 8. The van der Waals surface area contributed by atoms with Gasteiger partial charge in [-0.2, -0.15) is 13.8 Å². The largest absolute Gasteiger partial charge is 0.478 e. The zero-order valence-corrected chi connectivity index (χ0v) is 19.1. The van der Waals surface area contributed by atoms with E-state index in [9.17, 15) is 22.4 Å². The summed E-state index contributed by atoms with van der Waals surface area (Å²) in [5.74, 6) is -3.37. The third-order valence-electron chi connectivity index (χ3n) is 5.79. The summed E-state index contributed by atoms with van der Waals surface area (Å²) in [4.78, 5) is 24.7. The monoisotopic (exact) mass is 527 g/mol. The van der Waals surface area contributed by atoms with Gasteiger partial charge in [-0.3, -0.25) is 0 Å². The number of carboxylic acid groups (broad SMARTS) is 1. The van der Waals surface area contributed by atoms with Crippen molar-refractivity contribution >= 4 is 46.9 Å². The van der Waals surface area contributed by atoms with Crippen LogP contribution in [-0.4, -0.2) is 48.8 Å². The summed E-state index contributed by atoms with van der Waals surface area (Å²) in [7, 11) is 0. The molecule has 10 nitrogen and oxygen atoms in total. The SMILES string of the molecule is Cl.O=C(O)c1ccc(Nc2ncnc3c2c(F)cn3C2CCN(c3noc(C(F)F)n3)CC2)c(F)c1. The molecule has 0 unspecified atom stereocenters. The molecular formula is C21H18ClF4N7O3. The molecule has 4 aromatic rings. The Balaban J connectivity index is 0.00000304. The minimum atomic E-state index is -2.85. The van der Waals surface area contributed by atoms with Crippen LogP contribution in [0.4, 0.5) is 35.0 Å². The highest BCUT2D eigenvalue weighted by atomic mass is 35.5. The number of nitrogens with one attached hydrogen (secondary N) is 1. The molecule has 0 bridgehead atoms. The number of hydrogen-bond donors (Lipinski definition) is 2. The molecule has 1 fully saturated rings. The highest BCUT2D eigenvalue weighted by molar-refractivity contribution is 5.91. The molecule has 4 heterocycles. The predicted molar refractivity (Wildman–Crippen MR) is 121 cm³/mol. The Morgan fingerprint density at radius 1 is 1.17 bits per heavy atom. The summed E-state index contributed by atoms with van der Waals surface area (Å²) in [5.41, 5.74) is -0.00453. The third kappa shape index (κ3) is 4.63. The highest BCUT2D eigenvalue weighted by Gasteiger charge is 2.28. The van der Waals surface area contributed by atoms with Gasteiger partial charge in [0, 0.05) is 25.3 Å². The number of aromatic carboxylic acids is 1. The van der Waals surface area contributed by atoms with E-state index in [0.717, 1.165) is 6.07 Å². The van der Waals surface area contributed by atoms with E-state index in [1.165, 1.54) is 24.7 Å². The van der Waals surface area contributed by atoms with Crippen LogP contribution in [0.15, 0.2) is 35.2 Å². The fourth-order valence-electron chi connectivity index (χ4n) is 4.08. The first-order valence-electron chi connectivity index (χ1n) is 10.5. The predicted octanol–water partition coefficient (Wildman–Crippen LogP) is 4.74. The van der Waals surface area contributed by atoms with Gasteiger partial charge >= 0.3 is 12.4 Å². The molecule has 0 spiro atoms. The molecule has 0 radical (unpaired) electrons. The molecular weight excluding hydrogens is 510 g/mol. The smallest absolute Gasteiger partial charge is 0.335 e. The molecule has 190 valence electrons. The standard InChI is InChI=1S/C21H17F4N7O3.ClH/c22-12-7-10(20(33)34)1-2-14(12)28-17-15-13(23)8-32(18(15)27-9-26-17)11-3-5-31(6-4-11)21-29-19(16(24)25)35-30-21;/h1-2,7-9,11,16H,3-6H2,(H,33,34)(H,26,27,28);1H. The molecule has 3 aromatic heterocycles. The average molecular weight is 528 g/mol. The van der Waals surface area contributed by atoms with Gasteiger partial charge in [0.2, 0.25) is 0 Å². The first-order valence-corrected chi connectivity index (χ1v) is 10.5. The van der Waals surface area contributed by atoms with E-state index in [2.05, 4.69) is 29.9 Å². The van der Waals surface area contributed by atoms with Gasteiger partial charge in [-0.1, -0.05) is 0 Å². The summed E-state index contributed by atoms with van der Waals surface area (Å²) < 4.78 is 61.0. The Hall–Kier alpha value is -3.94. The molecule has 1 aliphatic heterocycles. The average Bonchev–Trinajstić information content (AvgIpc) is 3.46. The van der Waals surface area contributed by atoms with Crippen molar-refractivity contribution < 1.29 is 32.0 Å². The number of aromatic nitrogens is 5. The van der Waals surface area contributed by atoms with E-state index in [0.29, 0.717) is 31.6 Å². The summed E-state index contributed by atoms with van der Waals surface area (Å²) in [6.07, 6.45) is 0.705. The van der Waals surface area contributed by atoms with Crippen LogP contribution in [0.1, 0.15) is 41.6 Å². The second kappa shape index (κ2) is 9.97. The first kappa shape index (κ1) is 25.2. The fourth-order valence-corrected chi connectivity index (χ4v) is 4.08. The number of alkyl halides is 2. The number of carbonyl (C=O) groups is 1. The first-order chi connectivity index (χ1) is 16.8. The van der Waals surface area contributed by atoms with Crippen LogP contribution in [0.5, 0.6) is 0 Å². The van der Waals surface area contributed by atoms with Crippen molar-refractivity contribution in [2.75, 3.05) is 23.3 Å². The molecule has 1 aromatic carbocycles. The van der Waals surface area contributed by atoms with E-state index in [4.69, 9.17) is 5.11 Å². The number of fused-ring (bicyclic) bond motifs is 1. The van der Waals surface area contributed by atoms with Gasteiger partial charge in [0.25, 0.3) is 11.8 Å². The molecule has 0 saturated carbocycles. The second-order valence-electron chi connectivity index (χ2n) is 7.88. The molecule has 0 aliphatic carbocycles. The summed E-state index contributed by atoms with van der Waals surface area (Å²) >= 11 is 0. The van der Waals surface area contributed by atoms with E-state index < -0.39 is 29.9 Å². The minimum Gasteiger partial charge on any atom is -0.478 e. The lowest BCUT2D eigenvalue weighted by molar-refractivity contribution is 0.0696. The lowest BCUT2D eigenvalue weighted by atomic mass is 10.1. The van der Waals surface area contributed by atoms with Crippen LogP contribution in [0.2, 0.25) is 0 Å². The molecule has 1 aliphatic rings. The highest BCUT2D eigenvalue weighted by Crippen LogP contribution is 2.33. The van der Waals surface area contributed by atoms with Crippen LogP contribution >= 0.6 is 12.4 Å². The molecule has 1 saturated heterocycles. The molecule has 0 amide bonds. The maximum absolute atomic E-state index is 15.0. The zero-order chi connectivity index (χ0) is 24.7. The fraction of sp³-hybridized carbons (Fsp3) is 0.286. The Labute approximate surface area is 206 Å². The van der Waals surface area contributed by atoms with Crippen molar-refractivity contribution in [3.8, 4) is 0 Å². The van der Waals surface area contributed by atoms with Gasteiger partial charge in [0.1, 0.15) is 23.6 Å². The van der Waals surface area contributed by atoms with E-state index in [1.54, 1.807) is 9.47 Å².